The van der Waals surface area contributed by atoms with Gasteiger partial charge in [-0.2, -0.15) is 0 Å². The summed E-state index contributed by atoms with van der Waals surface area (Å²) in [6.45, 7) is 7.30. The lowest BCUT2D eigenvalue weighted by Crippen LogP contribution is -2.57. The van der Waals surface area contributed by atoms with Crippen LogP contribution in [0.4, 0.5) is 0 Å². The number of hydrogen-bond acceptors (Lipinski definition) is 2. The van der Waals surface area contributed by atoms with E-state index in [1.54, 1.807) is 12.7 Å². The fraction of sp³-hybridized carbons (Fsp3) is 0.684. The zero-order chi connectivity index (χ0) is 14.9. The van der Waals surface area contributed by atoms with E-state index in [0.29, 0.717) is 10.8 Å². The minimum atomic E-state index is 0.366. The molecule has 1 aromatic rings. The van der Waals surface area contributed by atoms with Crippen molar-refractivity contribution in [1.82, 2.24) is 5.32 Å². The molecule has 0 amide bonds. The molecule has 3 rings (SSSR count). The van der Waals surface area contributed by atoms with Crippen molar-refractivity contribution in [3.63, 3.8) is 0 Å². The summed E-state index contributed by atoms with van der Waals surface area (Å²) in [6.07, 6.45) is 7.11. The van der Waals surface area contributed by atoms with Crippen molar-refractivity contribution in [3.05, 3.63) is 34.9 Å². The fourth-order valence-electron chi connectivity index (χ4n) is 4.63. The fourth-order valence-corrected chi connectivity index (χ4v) is 4.63. The molecule has 2 aliphatic rings. The second-order valence-electron chi connectivity index (χ2n) is 7.53. The molecule has 2 nitrogen and oxygen atoms in total. The van der Waals surface area contributed by atoms with Gasteiger partial charge in [0.25, 0.3) is 0 Å². The van der Waals surface area contributed by atoms with Gasteiger partial charge in [-0.1, -0.05) is 35.7 Å². The van der Waals surface area contributed by atoms with Crippen LogP contribution in [0.2, 0.25) is 0 Å². The first-order valence-corrected chi connectivity index (χ1v) is 8.36. The quantitative estimate of drug-likeness (QED) is 0.805. The largest absolute Gasteiger partial charge is 0.383 e. The lowest BCUT2D eigenvalue weighted by Gasteiger charge is -2.62. The SMILES string of the molecule is COCCNCC1(c2cc(C)cc(C)c2)CC2(CCC2)C1. The van der Waals surface area contributed by atoms with Crippen LogP contribution < -0.4 is 5.32 Å². The number of hydrogen-bond donors (Lipinski definition) is 1. The van der Waals surface area contributed by atoms with Crippen molar-refractivity contribution in [2.75, 3.05) is 26.8 Å². The topological polar surface area (TPSA) is 21.3 Å². The molecule has 0 aromatic heterocycles. The minimum absolute atomic E-state index is 0.366. The first-order valence-electron chi connectivity index (χ1n) is 8.36. The van der Waals surface area contributed by atoms with Crippen molar-refractivity contribution in [3.8, 4) is 0 Å². The first-order chi connectivity index (χ1) is 10.1. The Morgan fingerprint density at radius 1 is 1.10 bits per heavy atom. The highest BCUT2D eigenvalue weighted by Gasteiger charge is 2.57. The van der Waals surface area contributed by atoms with Gasteiger partial charge in [0.2, 0.25) is 0 Å². The van der Waals surface area contributed by atoms with Crippen LogP contribution in [0.25, 0.3) is 0 Å². The highest BCUT2D eigenvalue weighted by Crippen LogP contribution is 2.64. The van der Waals surface area contributed by atoms with E-state index in [1.807, 2.05) is 0 Å². The van der Waals surface area contributed by atoms with Crippen LogP contribution in [0.3, 0.4) is 0 Å². The molecular formula is C19H29NO. The molecule has 21 heavy (non-hydrogen) atoms. The molecular weight excluding hydrogens is 258 g/mol. The molecule has 0 atom stereocenters. The zero-order valence-electron chi connectivity index (χ0n) is 13.8. The van der Waals surface area contributed by atoms with Crippen LogP contribution in [0.15, 0.2) is 18.2 Å². The van der Waals surface area contributed by atoms with Gasteiger partial charge >= 0.3 is 0 Å². The summed E-state index contributed by atoms with van der Waals surface area (Å²) in [7, 11) is 1.77. The van der Waals surface area contributed by atoms with Gasteiger partial charge in [-0.3, -0.25) is 0 Å². The highest BCUT2D eigenvalue weighted by molar-refractivity contribution is 5.38. The van der Waals surface area contributed by atoms with E-state index in [-0.39, 0.29) is 0 Å². The molecule has 0 saturated heterocycles. The Hall–Kier alpha value is -0.860. The summed E-state index contributed by atoms with van der Waals surface area (Å²) in [5.74, 6) is 0. The first kappa shape index (κ1) is 15.1. The zero-order valence-corrected chi connectivity index (χ0v) is 13.8. The van der Waals surface area contributed by atoms with Crippen LogP contribution >= 0.6 is 0 Å². The van der Waals surface area contributed by atoms with Gasteiger partial charge in [0, 0.05) is 25.6 Å². The van der Waals surface area contributed by atoms with E-state index in [2.05, 4.69) is 37.4 Å². The summed E-state index contributed by atoms with van der Waals surface area (Å²) in [6, 6.07) is 7.11. The Labute approximate surface area is 129 Å². The van der Waals surface area contributed by atoms with Gasteiger partial charge in [-0.25, -0.2) is 0 Å². The Balaban J connectivity index is 1.76. The van der Waals surface area contributed by atoms with Crippen LogP contribution in [-0.4, -0.2) is 26.8 Å². The second kappa shape index (κ2) is 5.73. The maximum absolute atomic E-state index is 5.16. The molecule has 1 aromatic carbocycles. The third kappa shape index (κ3) is 2.89. The van der Waals surface area contributed by atoms with Crippen LogP contribution in [0, 0.1) is 19.3 Å². The molecule has 0 unspecified atom stereocenters. The smallest absolute Gasteiger partial charge is 0.0587 e. The molecule has 116 valence electrons. The van der Waals surface area contributed by atoms with E-state index < -0.39 is 0 Å². The van der Waals surface area contributed by atoms with Crippen molar-refractivity contribution in [2.24, 2.45) is 5.41 Å². The molecule has 2 heteroatoms. The molecule has 0 heterocycles. The monoisotopic (exact) mass is 287 g/mol. The van der Waals surface area contributed by atoms with E-state index >= 15 is 0 Å². The average Bonchev–Trinajstić information content (AvgIpc) is 2.33. The van der Waals surface area contributed by atoms with Crippen molar-refractivity contribution in [1.29, 1.82) is 0 Å². The van der Waals surface area contributed by atoms with Crippen molar-refractivity contribution < 1.29 is 4.74 Å². The molecule has 1 N–H and O–H groups in total. The molecule has 0 bridgehead atoms. The Morgan fingerprint density at radius 3 is 2.29 bits per heavy atom. The second-order valence-corrected chi connectivity index (χ2v) is 7.53. The molecule has 2 fully saturated rings. The summed E-state index contributed by atoms with van der Waals surface area (Å²) >= 11 is 0. The van der Waals surface area contributed by atoms with Crippen LogP contribution in [0.1, 0.15) is 48.8 Å². The predicted octanol–water partition coefficient (Wildman–Crippen LogP) is 3.74. The normalized spacial score (nSPS) is 21.9. The summed E-state index contributed by atoms with van der Waals surface area (Å²) in [5.41, 5.74) is 5.42. The van der Waals surface area contributed by atoms with Gasteiger partial charge in [0.05, 0.1) is 6.61 Å². The highest BCUT2D eigenvalue weighted by atomic mass is 16.5. The van der Waals surface area contributed by atoms with E-state index in [9.17, 15) is 0 Å². The minimum Gasteiger partial charge on any atom is -0.383 e. The van der Waals surface area contributed by atoms with Gasteiger partial charge < -0.3 is 10.1 Å². The number of aryl methyl sites for hydroxylation is 2. The van der Waals surface area contributed by atoms with E-state index in [0.717, 1.165) is 19.7 Å². The summed E-state index contributed by atoms with van der Waals surface area (Å²) < 4.78 is 5.16. The summed E-state index contributed by atoms with van der Waals surface area (Å²) in [4.78, 5) is 0. The standard InChI is InChI=1S/C19H29NO/c1-15-9-16(2)11-17(10-15)19(14-20-7-8-21-3)12-18(13-19)5-4-6-18/h9-11,20H,4-8,12-14H2,1-3H3. The van der Waals surface area contributed by atoms with E-state index in [1.165, 1.54) is 43.2 Å². The number of methoxy groups -OCH3 is 1. The number of nitrogens with one attached hydrogen (secondary N) is 1. The Kier molecular flexibility index (Phi) is 4.11. The molecule has 0 aliphatic heterocycles. The van der Waals surface area contributed by atoms with Crippen molar-refractivity contribution >= 4 is 0 Å². The maximum Gasteiger partial charge on any atom is 0.0587 e. The van der Waals surface area contributed by atoms with Gasteiger partial charge in [0.1, 0.15) is 0 Å². The van der Waals surface area contributed by atoms with Crippen LogP contribution in [-0.2, 0) is 10.2 Å². The third-order valence-corrected chi connectivity index (χ3v) is 5.62. The van der Waals surface area contributed by atoms with Crippen molar-refractivity contribution in [2.45, 2.75) is 51.4 Å². The lowest BCUT2D eigenvalue weighted by atomic mass is 9.43. The predicted molar refractivity (Wildman–Crippen MR) is 87.9 cm³/mol. The summed E-state index contributed by atoms with van der Waals surface area (Å²) in [5, 5.41) is 3.63. The van der Waals surface area contributed by atoms with Gasteiger partial charge in [-0.05, 0) is 50.5 Å². The Morgan fingerprint density at radius 2 is 1.76 bits per heavy atom. The molecule has 2 saturated carbocycles. The molecule has 1 spiro atoms. The lowest BCUT2D eigenvalue weighted by molar-refractivity contribution is -0.0486. The molecule has 2 aliphatic carbocycles. The van der Waals surface area contributed by atoms with Crippen LogP contribution in [0.5, 0.6) is 0 Å². The third-order valence-electron chi connectivity index (χ3n) is 5.62. The van der Waals surface area contributed by atoms with Gasteiger partial charge in [0.15, 0.2) is 0 Å². The Bertz CT molecular complexity index is 476. The maximum atomic E-state index is 5.16. The van der Waals surface area contributed by atoms with Gasteiger partial charge in [-0.15, -0.1) is 0 Å². The van der Waals surface area contributed by atoms with E-state index in [4.69, 9.17) is 4.74 Å². The average molecular weight is 287 g/mol. The number of rotatable bonds is 6. The number of ether oxygens (including phenoxy) is 1. The molecule has 0 radical (unpaired) electrons. The number of benzene rings is 1.